The number of carbonyl (C=O) groups is 2. The van der Waals surface area contributed by atoms with Crippen LogP contribution in [0.25, 0.3) is 0 Å². The van der Waals surface area contributed by atoms with Crippen molar-refractivity contribution in [3.8, 4) is 0 Å². The highest BCUT2D eigenvalue weighted by Gasteiger charge is 2.48. The second-order valence-corrected chi connectivity index (χ2v) is 14.7. The molecule has 1 aliphatic heterocycles. The fourth-order valence-electron chi connectivity index (χ4n) is 4.53. The molecule has 1 saturated heterocycles. The zero-order valence-corrected chi connectivity index (χ0v) is 18.6. The molecule has 0 amide bonds. The van der Waals surface area contributed by atoms with Crippen LogP contribution in [-0.4, -0.2) is 25.4 Å². The van der Waals surface area contributed by atoms with Crippen LogP contribution in [0.2, 0.25) is 19.6 Å². The highest BCUT2D eigenvalue weighted by atomic mass is 28.3. The van der Waals surface area contributed by atoms with Gasteiger partial charge in [0.2, 0.25) is 0 Å². The molecular weight excluding hydrogens is 364 g/mol. The van der Waals surface area contributed by atoms with Crippen molar-refractivity contribution in [3.63, 3.8) is 0 Å². The Bertz CT molecular complexity index is 689. The zero-order chi connectivity index (χ0) is 20.2. The first kappa shape index (κ1) is 21.0. The number of benzene rings is 1. The Balaban J connectivity index is 1.88. The van der Waals surface area contributed by atoms with Crippen molar-refractivity contribution >= 4 is 19.8 Å². The molecule has 2 unspecified atom stereocenters. The number of rotatable bonds is 4. The molecule has 28 heavy (non-hydrogen) atoms. The number of ketones is 1. The molecule has 3 nitrogen and oxygen atoms in total. The fraction of sp³-hybridized carbons (Fsp3) is 0.583. The number of allylic oxidation sites excluding steroid dienone is 1. The third-order valence-corrected chi connectivity index (χ3v) is 7.22. The number of Topliss-reactive ketones (excluding diaryl/α,β-unsaturated/α-hetero) is 1. The maximum atomic E-state index is 13.3. The lowest BCUT2D eigenvalue weighted by molar-refractivity contribution is -0.180. The van der Waals surface area contributed by atoms with Gasteiger partial charge in [0.1, 0.15) is 11.5 Å². The molecule has 3 rings (SSSR count). The van der Waals surface area contributed by atoms with Crippen LogP contribution >= 0.6 is 0 Å². The summed E-state index contributed by atoms with van der Waals surface area (Å²) in [5.74, 6) is -1.21. The van der Waals surface area contributed by atoms with Gasteiger partial charge in [-0.2, -0.15) is 0 Å². The Kier molecular flexibility index (Phi) is 6.59. The van der Waals surface area contributed by atoms with E-state index in [1.807, 2.05) is 30.3 Å². The molecule has 0 N–H and O–H groups in total. The van der Waals surface area contributed by atoms with Gasteiger partial charge in [0, 0.05) is 12.3 Å². The Morgan fingerprint density at radius 2 is 1.61 bits per heavy atom. The van der Waals surface area contributed by atoms with Crippen LogP contribution in [0.15, 0.2) is 42.1 Å². The summed E-state index contributed by atoms with van der Waals surface area (Å²) in [5.41, 5.74) is 2.71. The normalized spacial score (nSPS) is 24.6. The lowest BCUT2D eigenvalue weighted by atomic mass is 9.74. The van der Waals surface area contributed by atoms with Gasteiger partial charge in [-0.25, -0.2) is 0 Å². The monoisotopic (exact) mass is 398 g/mol. The molecule has 0 aromatic heterocycles. The second-order valence-electron chi connectivity index (χ2n) is 9.65. The van der Waals surface area contributed by atoms with Gasteiger partial charge in [-0.05, 0) is 31.2 Å². The van der Waals surface area contributed by atoms with Crippen molar-refractivity contribution in [2.45, 2.75) is 82.5 Å². The summed E-state index contributed by atoms with van der Waals surface area (Å²) in [5, 5.41) is 0. The van der Waals surface area contributed by atoms with E-state index in [0.29, 0.717) is 6.42 Å². The van der Waals surface area contributed by atoms with E-state index in [4.69, 9.17) is 4.74 Å². The summed E-state index contributed by atoms with van der Waals surface area (Å²) in [6.45, 7) is 6.78. The fourth-order valence-corrected chi connectivity index (χ4v) is 5.31. The minimum Gasteiger partial charge on any atom is -0.458 e. The Morgan fingerprint density at radius 1 is 1.00 bits per heavy atom. The van der Waals surface area contributed by atoms with Crippen LogP contribution in [0.4, 0.5) is 0 Å². The second kappa shape index (κ2) is 8.77. The highest BCUT2D eigenvalue weighted by molar-refractivity contribution is 6.80. The van der Waals surface area contributed by atoms with Gasteiger partial charge in [0.25, 0.3) is 0 Å². The van der Waals surface area contributed by atoms with E-state index in [1.54, 1.807) is 0 Å². The average molecular weight is 399 g/mol. The van der Waals surface area contributed by atoms with Gasteiger partial charge in [-0.1, -0.05) is 81.0 Å². The summed E-state index contributed by atoms with van der Waals surface area (Å²) in [6, 6.07) is 9.94. The van der Waals surface area contributed by atoms with E-state index in [-0.39, 0.29) is 17.7 Å². The predicted molar refractivity (Wildman–Crippen MR) is 116 cm³/mol. The third-order valence-electron chi connectivity index (χ3n) is 6.03. The van der Waals surface area contributed by atoms with E-state index in [1.165, 1.54) is 19.3 Å². The molecular formula is C24H34O3Si. The minimum atomic E-state index is -1.46. The first-order valence-corrected chi connectivity index (χ1v) is 14.4. The first-order valence-electron chi connectivity index (χ1n) is 10.8. The number of carbonyl (C=O) groups excluding carboxylic acids is 2. The molecule has 1 saturated carbocycles. The highest BCUT2D eigenvalue weighted by Crippen LogP contribution is 2.41. The molecule has 2 aliphatic rings. The van der Waals surface area contributed by atoms with Crippen molar-refractivity contribution in [1.82, 2.24) is 0 Å². The van der Waals surface area contributed by atoms with Crippen molar-refractivity contribution in [2.24, 2.45) is 5.92 Å². The number of hydrogen-bond donors (Lipinski definition) is 0. The average Bonchev–Trinajstić information content (AvgIpc) is 2.61. The van der Waals surface area contributed by atoms with Crippen LogP contribution in [0.3, 0.4) is 0 Å². The number of esters is 1. The lowest BCUT2D eigenvalue weighted by Crippen LogP contribution is -2.49. The van der Waals surface area contributed by atoms with E-state index in [0.717, 1.165) is 31.2 Å². The van der Waals surface area contributed by atoms with Crippen LogP contribution in [0.1, 0.15) is 62.8 Å². The van der Waals surface area contributed by atoms with Gasteiger partial charge in [0.05, 0.1) is 8.07 Å². The maximum Gasteiger partial charge on any atom is 0.317 e. The van der Waals surface area contributed by atoms with E-state index < -0.39 is 19.6 Å². The topological polar surface area (TPSA) is 43.4 Å². The van der Waals surface area contributed by atoms with Crippen molar-refractivity contribution in [1.29, 1.82) is 0 Å². The molecule has 2 atom stereocenters. The molecule has 1 aromatic rings. The van der Waals surface area contributed by atoms with Gasteiger partial charge >= 0.3 is 5.97 Å². The van der Waals surface area contributed by atoms with Gasteiger partial charge in [-0.3, -0.25) is 9.59 Å². The van der Waals surface area contributed by atoms with Crippen LogP contribution in [-0.2, 0) is 14.3 Å². The summed E-state index contributed by atoms with van der Waals surface area (Å²) in [4.78, 5) is 26.4. The zero-order valence-electron chi connectivity index (χ0n) is 17.6. The summed E-state index contributed by atoms with van der Waals surface area (Å²) >= 11 is 0. The van der Waals surface area contributed by atoms with E-state index >= 15 is 0 Å². The molecule has 152 valence electrons. The standard InChI is InChI=1S/C24H34O3Si/c1-28(2,3)17-14-20(19-12-8-7-9-13-19)22-21(25)18-24(27-23(22)26)15-10-5-4-6-11-16-24/h7-9,12-14,17,20,22H,4-6,10-11,15-16,18H2,1-3H3. The first-order chi connectivity index (χ1) is 13.3. The maximum absolute atomic E-state index is 13.3. The third kappa shape index (κ3) is 5.22. The van der Waals surface area contributed by atoms with Crippen molar-refractivity contribution < 1.29 is 14.3 Å². The predicted octanol–water partition coefficient (Wildman–Crippen LogP) is 5.82. The van der Waals surface area contributed by atoms with Crippen molar-refractivity contribution in [3.05, 3.63) is 47.7 Å². The van der Waals surface area contributed by atoms with Crippen LogP contribution < -0.4 is 0 Å². The van der Waals surface area contributed by atoms with Crippen LogP contribution in [0, 0.1) is 5.92 Å². The molecule has 0 bridgehead atoms. The lowest BCUT2D eigenvalue weighted by Gasteiger charge is -2.41. The Hall–Kier alpha value is -1.68. The minimum absolute atomic E-state index is 0.0610. The van der Waals surface area contributed by atoms with E-state index in [2.05, 4.69) is 31.4 Å². The van der Waals surface area contributed by atoms with Gasteiger partial charge in [0.15, 0.2) is 5.78 Å². The largest absolute Gasteiger partial charge is 0.458 e. The number of hydrogen-bond acceptors (Lipinski definition) is 3. The quantitative estimate of drug-likeness (QED) is 0.365. The molecule has 1 aromatic carbocycles. The summed E-state index contributed by atoms with van der Waals surface area (Å²) in [7, 11) is -1.46. The van der Waals surface area contributed by atoms with Gasteiger partial charge < -0.3 is 4.74 Å². The molecule has 0 radical (unpaired) electrons. The molecule has 4 heteroatoms. The summed E-state index contributed by atoms with van der Waals surface area (Å²) in [6.07, 6.45) is 9.82. The van der Waals surface area contributed by atoms with E-state index in [9.17, 15) is 9.59 Å². The van der Waals surface area contributed by atoms with Crippen molar-refractivity contribution in [2.75, 3.05) is 0 Å². The SMILES string of the molecule is C[Si](C)(C)C=CC(c1ccccc1)C1C(=O)CC2(CCCCCCC2)OC1=O. The molecule has 1 heterocycles. The molecule has 1 spiro atoms. The Labute approximate surface area is 170 Å². The number of ether oxygens (including phenoxy) is 1. The van der Waals surface area contributed by atoms with Crippen LogP contribution in [0.5, 0.6) is 0 Å². The summed E-state index contributed by atoms with van der Waals surface area (Å²) < 4.78 is 6.09. The van der Waals surface area contributed by atoms with Gasteiger partial charge in [-0.15, -0.1) is 0 Å². The Morgan fingerprint density at radius 3 is 2.18 bits per heavy atom. The molecule has 2 fully saturated rings. The smallest absolute Gasteiger partial charge is 0.317 e. The molecule has 1 aliphatic carbocycles.